The summed E-state index contributed by atoms with van der Waals surface area (Å²) in [4.78, 5) is 14.1. The zero-order chi connectivity index (χ0) is 13.8. The van der Waals surface area contributed by atoms with E-state index >= 15 is 0 Å². The van der Waals surface area contributed by atoms with E-state index in [1.807, 2.05) is 38.1 Å². The molecular weight excluding hydrogens is 262 g/mol. The Bertz CT molecular complexity index is 580. The molecule has 0 aliphatic carbocycles. The number of nitrogens with zero attached hydrogens (tertiary/aromatic N) is 2. The van der Waals surface area contributed by atoms with Gasteiger partial charge in [0.15, 0.2) is 0 Å². The molecule has 0 aliphatic rings. The van der Waals surface area contributed by atoms with Crippen molar-refractivity contribution in [1.29, 1.82) is 0 Å². The number of aromatic amines is 1. The Morgan fingerprint density at radius 1 is 1.47 bits per heavy atom. The number of carbonyl (C=O) groups excluding carboxylic acids is 1. The lowest BCUT2D eigenvalue weighted by Crippen LogP contribution is -2.30. The molecule has 2 rings (SSSR count). The molecule has 0 saturated heterocycles. The number of aromatic nitrogens is 2. The molecule has 1 aromatic heterocycles. The Morgan fingerprint density at radius 2 is 2.26 bits per heavy atom. The second kappa shape index (κ2) is 5.89. The summed E-state index contributed by atoms with van der Waals surface area (Å²) < 4.78 is 0. The van der Waals surface area contributed by atoms with Gasteiger partial charge in [-0.2, -0.15) is 5.10 Å². The number of hydrogen-bond donors (Lipinski definition) is 1. The van der Waals surface area contributed by atoms with Crippen LogP contribution in [0.4, 0.5) is 0 Å². The lowest BCUT2D eigenvalue weighted by atomic mass is 10.2. The van der Waals surface area contributed by atoms with Crippen molar-refractivity contribution >= 4 is 17.5 Å². The van der Waals surface area contributed by atoms with E-state index < -0.39 is 0 Å². The number of amides is 1. The molecule has 1 aromatic carbocycles. The predicted octanol–water partition coefficient (Wildman–Crippen LogP) is 3.03. The summed E-state index contributed by atoms with van der Waals surface area (Å²) >= 11 is 5.96. The van der Waals surface area contributed by atoms with E-state index in [0.29, 0.717) is 23.7 Å². The van der Waals surface area contributed by atoms with Crippen LogP contribution in [-0.4, -0.2) is 27.5 Å². The average Bonchev–Trinajstić information content (AvgIpc) is 2.81. The summed E-state index contributed by atoms with van der Waals surface area (Å²) in [6, 6.07) is 7.55. The maximum atomic E-state index is 12.4. The minimum absolute atomic E-state index is 0.0197. The van der Waals surface area contributed by atoms with Crippen LogP contribution in [0.5, 0.6) is 0 Å². The lowest BCUT2D eigenvalue weighted by molar-refractivity contribution is 0.0752. The number of aryl methyl sites for hydroxylation is 1. The quantitative estimate of drug-likeness (QED) is 0.934. The van der Waals surface area contributed by atoms with E-state index in [4.69, 9.17) is 11.6 Å². The summed E-state index contributed by atoms with van der Waals surface area (Å²) in [6.45, 7) is 4.97. The molecule has 1 heterocycles. The summed E-state index contributed by atoms with van der Waals surface area (Å²) in [7, 11) is 0. The van der Waals surface area contributed by atoms with Crippen molar-refractivity contribution in [3.05, 3.63) is 52.3 Å². The smallest absolute Gasteiger partial charge is 0.257 e. The molecule has 0 aliphatic heterocycles. The van der Waals surface area contributed by atoms with Gasteiger partial charge in [0.25, 0.3) is 5.91 Å². The largest absolute Gasteiger partial charge is 0.334 e. The van der Waals surface area contributed by atoms with E-state index in [0.717, 1.165) is 11.3 Å². The van der Waals surface area contributed by atoms with Crippen LogP contribution in [0.1, 0.15) is 28.5 Å². The second-order valence-electron chi connectivity index (χ2n) is 4.36. The number of rotatable bonds is 4. The minimum Gasteiger partial charge on any atom is -0.334 e. The van der Waals surface area contributed by atoms with Crippen molar-refractivity contribution in [3.63, 3.8) is 0 Å². The number of carbonyl (C=O) groups is 1. The highest BCUT2D eigenvalue weighted by molar-refractivity contribution is 6.30. The number of hydrogen-bond acceptors (Lipinski definition) is 2. The van der Waals surface area contributed by atoms with Crippen LogP contribution >= 0.6 is 11.6 Å². The van der Waals surface area contributed by atoms with Gasteiger partial charge in [0, 0.05) is 23.8 Å². The summed E-state index contributed by atoms with van der Waals surface area (Å²) in [5.41, 5.74) is 2.42. The lowest BCUT2D eigenvalue weighted by Gasteiger charge is -2.20. The maximum Gasteiger partial charge on any atom is 0.257 e. The number of nitrogens with one attached hydrogen (secondary N) is 1. The van der Waals surface area contributed by atoms with Gasteiger partial charge in [-0.15, -0.1) is 0 Å². The highest BCUT2D eigenvalue weighted by Crippen LogP contribution is 2.15. The van der Waals surface area contributed by atoms with Crippen molar-refractivity contribution in [1.82, 2.24) is 15.1 Å². The molecule has 1 amide bonds. The average molecular weight is 278 g/mol. The topological polar surface area (TPSA) is 49.0 Å². The van der Waals surface area contributed by atoms with Crippen molar-refractivity contribution in [2.45, 2.75) is 20.4 Å². The van der Waals surface area contributed by atoms with Gasteiger partial charge in [-0.05, 0) is 31.5 Å². The van der Waals surface area contributed by atoms with Gasteiger partial charge < -0.3 is 4.90 Å². The maximum absolute atomic E-state index is 12.4. The second-order valence-corrected chi connectivity index (χ2v) is 4.79. The van der Waals surface area contributed by atoms with Gasteiger partial charge in [-0.3, -0.25) is 9.89 Å². The van der Waals surface area contributed by atoms with Crippen molar-refractivity contribution in [2.24, 2.45) is 0 Å². The summed E-state index contributed by atoms with van der Waals surface area (Å²) in [5.74, 6) is -0.0197. The van der Waals surface area contributed by atoms with Gasteiger partial charge in [0.2, 0.25) is 0 Å². The van der Waals surface area contributed by atoms with E-state index in [9.17, 15) is 4.79 Å². The first-order valence-corrected chi connectivity index (χ1v) is 6.53. The van der Waals surface area contributed by atoms with Crippen LogP contribution in [-0.2, 0) is 6.54 Å². The van der Waals surface area contributed by atoms with Crippen LogP contribution in [0.3, 0.4) is 0 Å². The molecule has 1 N–H and O–H groups in total. The van der Waals surface area contributed by atoms with Crippen LogP contribution in [0.2, 0.25) is 5.02 Å². The summed E-state index contributed by atoms with van der Waals surface area (Å²) in [5, 5.41) is 7.35. The molecule has 0 radical (unpaired) electrons. The molecule has 4 nitrogen and oxygen atoms in total. The molecule has 100 valence electrons. The molecule has 19 heavy (non-hydrogen) atoms. The Morgan fingerprint density at radius 3 is 2.84 bits per heavy atom. The highest BCUT2D eigenvalue weighted by Gasteiger charge is 2.17. The Labute approximate surface area is 117 Å². The molecule has 2 aromatic rings. The Hall–Kier alpha value is -1.81. The Kier molecular flexibility index (Phi) is 4.22. The Balaban J connectivity index is 2.17. The first-order valence-electron chi connectivity index (χ1n) is 6.15. The fourth-order valence-electron chi connectivity index (χ4n) is 1.92. The van der Waals surface area contributed by atoms with E-state index in [2.05, 4.69) is 10.2 Å². The van der Waals surface area contributed by atoms with Gasteiger partial charge >= 0.3 is 0 Å². The molecule has 0 atom stereocenters. The minimum atomic E-state index is -0.0197. The zero-order valence-corrected chi connectivity index (χ0v) is 11.7. The first-order chi connectivity index (χ1) is 9.11. The number of halogens is 1. The molecule has 0 saturated carbocycles. The van der Waals surface area contributed by atoms with E-state index in [-0.39, 0.29) is 5.91 Å². The van der Waals surface area contributed by atoms with Crippen molar-refractivity contribution in [3.8, 4) is 0 Å². The van der Waals surface area contributed by atoms with Crippen LogP contribution in [0, 0.1) is 6.92 Å². The SMILES string of the molecule is CCN(Cc1cccc(Cl)c1)C(=O)c1cn[nH]c1C. The van der Waals surface area contributed by atoms with Gasteiger partial charge in [0.05, 0.1) is 11.8 Å². The molecule has 0 bridgehead atoms. The van der Waals surface area contributed by atoms with Crippen molar-refractivity contribution < 1.29 is 4.79 Å². The van der Waals surface area contributed by atoms with E-state index in [1.54, 1.807) is 11.1 Å². The van der Waals surface area contributed by atoms with Crippen LogP contribution in [0.25, 0.3) is 0 Å². The standard InChI is InChI=1S/C14H16ClN3O/c1-3-18(9-11-5-4-6-12(15)7-11)14(19)13-8-16-17-10(13)2/h4-8H,3,9H2,1-2H3,(H,16,17). The normalized spacial score (nSPS) is 10.5. The van der Waals surface area contributed by atoms with Gasteiger partial charge in [-0.1, -0.05) is 23.7 Å². The monoisotopic (exact) mass is 277 g/mol. The van der Waals surface area contributed by atoms with Crippen LogP contribution < -0.4 is 0 Å². The fourth-order valence-corrected chi connectivity index (χ4v) is 2.13. The predicted molar refractivity (Wildman–Crippen MR) is 75.2 cm³/mol. The first kappa shape index (κ1) is 13.6. The molecular formula is C14H16ClN3O. The number of H-pyrrole nitrogens is 1. The third-order valence-corrected chi connectivity index (χ3v) is 3.23. The third-order valence-electron chi connectivity index (χ3n) is 2.99. The van der Waals surface area contributed by atoms with Crippen LogP contribution in [0.15, 0.2) is 30.5 Å². The zero-order valence-electron chi connectivity index (χ0n) is 11.0. The molecule has 5 heteroatoms. The van der Waals surface area contributed by atoms with Gasteiger partial charge in [-0.25, -0.2) is 0 Å². The highest BCUT2D eigenvalue weighted by atomic mass is 35.5. The fraction of sp³-hybridized carbons (Fsp3) is 0.286. The van der Waals surface area contributed by atoms with Gasteiger partial charge in [0.1, 0.15) is 0 Å². The number of benzene rings is 1. The molecule has 0 spiro atoms. The molecule has 0 fully saturated rings. The van der Waals surface area contributed by atoms with E-state index in [1.165, 1.54) is 0 Å². The van der Waals surface area contributed by atoms with Crippen molar-refractivity contribution in [2.75, 3.05) is 6.54 Å². The third kappa shape index (κ3) is 3.15. The molecule has 0 unspecified atom stereocenters. The summed E-state index contributed by atoms with van der Waals surface area (Å²) in [6.07, 6.45) is 1.57.